The van der Waals surface area contributed by atoms with E-state index in [0.29, 0.717) is 11.3 Å². The monoisotopic (exact) mass is 392 g/mol. The van der Waals surface area contributed by atoms with E-state index < -0.39 is 33.9 Å². The van der Waals surface area contributed by atoms with E-state index in [1.54, 1.807) is 30.3 Å². The molecule has 0 bridgehead atoms. The lowest BCUT2D eigenvalue weighted by Gasteiger charge is -2.15. The zero-order valence-corrected chi connectivity index (χ0v) is 15.1. The van der Waals surface area contributed by atoms with Crippen LogP contribution in [0.2, 0.25) is 0 Å². The van der Waals surface area contributed by atoms with Gasteiger partial charge in [0.25, 0.3) is 10.0 Å². The van der Waals surface area contributed by atoms with Gasteiger partial charge in [-0.1, -0.05) is 30.3 Å². The average molecular weight is 392 g/mol. The summed E-state index contributed by atoms with van der Waals surface area (Å²) in [7, 11) is -3.71. The van der Waals surface area contributed by atoms with E-state index in [1.165, 1.54) is 24.3 Å². The second-order valence-corrected chi connectivity index (χ2v) is 7.72. The Morgan fingerprint density at radius 3 is 2.07 bits per heavy atom. The highest BCUT2D eigenvalue weighted by Gasteiger charge is 2.24. The lowest BCUT2D eigenvalue weighted by atomic mass is 9.93. The van der Waals surface area contributed by atoms with Crippen LogP contribution in [0.3, 0.4) is 0 Å². The Labute approximate surface area is 156 Å². The van der Waals surface area contributed by atoms with Crippen molar-refractivity contribution in [2.75, 3.05) is 4.72 Å². The first-order valence-electron chi connectivity index (χ1n) is 8.07. The Hall–Kier alpha value is -2.91. The smallest absolute Gasteiger partial charge is 0.320 e. The maximum atomic E-state index is 12.3. The van der Waals surface area contributed by atoms with Gasteiger partial charge in [0, 0.05) is 5.69 Å². The Morgan fingerprint density at radius 2 is 1.56 bits per heavy atom. The third kappa shape index (κ3) is 5.80. The van der Waals surface area contributed by atoms with E-state index in [2.05, 4.69) is 4.72 Å². The van der Waals surface area contributed by atoms with Crippen molar-refractivity contribution in [1.82, 2.24) is 0 Å². The molecule has 0 aromatic heterocycles. The van der Waals surface area contributed by atoms with E-state index in [0.717, 1.165) is 0 Å². The van der Waals surface area contributed by atoms with Crippen molar-refractivity contribution in [2.24, 2.45) is 11.7 Å². The van der Waals surface area contributed by atoms with Crippen molar-refractivity contribution in [1.29, 1.82) is 0 Å². The summed E-state index contributed by atoms with van der Waals surface area (Å²) in [5.74, 6) is -3.35. The Morgan fingerprint density at radius 1 is 0.963 bits per heavy atom. The number of carboxylic acids is 2. The molecule has 0 radical (unpaired) electrons. The van der Waals surface area contributed by atoms with Crippen LogP contribution in [0.15, 0.2) is 59.5 Å². The van der Waals surface area contributed by atoms with Crippen LogP contribution in [0.4, 0.5) is 5.69 Å². The molecule has 0 fully saturated rings. The summed E-state index contributed by atoms with van der Waals surface area (Å²) < 4.78 is 27.0. The number of benzene rings is 2. The third-order valence-corrected chi connectivity index (χ3v) is 5.34. The molecule has 0 aliphatic heterocycles. The topological polar surface area (TPSA) is 147 Å². The van der Waals surface area contributed by atoms with Gasteiger partial charge in [-0.3, -0.25) is 14.3 Å². The van der Waals surface area contributed by atoms with Crippen molar-refractivity contribution in [3.05, 3.63) is 60.2 Å². The summed E-state index contributed by atoms with van der Waals surface area (Å²) in [6.07, 6.45) is -0.116. The molecule has 0 spiro atoms. The number of aliphatic carboxylic acids is 2. The molecule has 2 aromatic carbocycles. The van der Waals surface area contributed by atoms with Gasteiger partial charge in [0.15, 0.2) is 0 Å². The molecule has 5 N–H and O–H groups in total. The molecule has 8 nitrogen and oxygen atoms in total. The third-order valence-electron chi connectivity index (χ3n) is 3.95. The van der Waals surface area contributed by atoms with E-state index in [4.69, 9.17) is 10.8 Å². The molecule has 0 aliphatic rings. The lowest BCUT2D eigenvalue weighted by Crippen LogP contribution is -2.35. The zero-order chi connectivity index (χ0) is 20.0. The molecule has 0 saturated carbocycles. The minimum Gasteiger partial charge on any atom is -0.481 e. The van der Waals surface area contributed by atoms with Crippen LogP contribution in [0.1, 0.15) is 12.0 Å². The molecule has 2 rings (SSSR count). The summed E-state index contributed by atoms with van der Waals surface area (Å²) in [6.45, 7) is 0. The van der Waals surface area contributed by atoms with Gasteiger partial charge in [-0.2, -0.15) is 0 Å². The molecule has 2 atom stereocenters. The first-order chi connectivity index (χ1) is 12.7. The van der Waals surface area contributed by atoms with Crippen molar-refractivity contribution >= 4 is 27.6 Å². The van der Waals surface area contributed by atoms with Gasteiger partial charge in [-0.15, -0.1) is 0 Å². The standard InChI is InChI=1S/C18H20N2O6S/c19-16(18(23)24)11-13(17(21)22)10-12-6-8-14(9-7-12)20-27(25,26)15-4-2-1-3-5-15/h1-9,13,16,20H,10-11,19H2,(H,21,22)(H,23,24)/t13-,16-/m1/s1. The maximum absolute atomic E-state index is 12.3. The van der Waals surface area contributed by atoms with Crippen molar-refractivity contribution < 1.29 is 28.2 Å². The van der Waals surface area contributed by atoms with E-state index in [-0.39, 0.29) is 17.7 Å². The van der Waals surface area contributed by atoms with Crippen molar-refractivity contribution in [3.63, 3.8) is 0 Å². The van der Waals surface area contributed by atoms with Crippen LogP contribution in [0, 0.1) is 5.92 Å². The quantitative estimate of drug-likeness (QED) is 0.506. The predicted octanol–water partition coefficient (Wildman–Crippen LogP) is 1.53. The molecular formula is C18H20N2O6S. The van der Waals surface area contributed by atoms with Crippen LogP contribution in [-0.2, 0) is 26.0 Å². The van der Waals surface area contributed by atoms with Gasteiger partial charge in [0.1, 0.15) is 6.04 Å². The normalized spacial score (nSPS) is 13.5. The molecule has 27 heavy (non-hydrogen) atoms. The lowest BCUT2D eigenvalue weighted by molar-refractivity contribution is -0.143. The predicted molar refractivity (Wildman–Crippen MR) is 98.8 cm³/mol. The van der Waals surface area contributed by atoms with Crippen LogP contribution < -0.4 is 10.5 Å². The minimum absolute atomic E-state index is 0.0853. The van der Waals surface area contributed by atoms with Gasteiger partial charge in [-0.25, -0.2) is 8.42 Å². The summed E-state index contributed by atoms with van der Waals surface area (Å²) in [5, 5.41) is 18.1. The number of carboxylic acid groups (broad SMARTS) is 2. The Balaban J connectivity index is 2.08. The van der Waals surface area contributed by atoms with Crippen molar-refractivity contribution in [3.8, 4) is 0 Å². The molecule has 0 saturated heterocycles. The molecular weight excluding hydrogens is 372 g/mol. The van der Waals surface area contributed by atoms with Crippen LogP contribution in [-0.4, -0.2) is 36.6 Å². The number of hydrogen-bond donors (Lipinski definition) is 4. The van der Waals surface area contributed by atoms with E-state index in [9.17, 15) is 23.1 Å². The number of rotatable bonds is 9. The largest absolute Gasteiger partial charge is 0.481 e. The fourth-order valence-electron chi connectivity index (χ4n) is 2.49. The van der Waals surface area contributed by atoms with Crippen LogP contribution in [0.25, 0.3) is 0 Å². The maximum Gasteiger partial charge on any atom is 0.320 e. The number of anilines is 1. The number of hydrogen-bond acceptors (Lipinski definition) is 5. The van der Waals surface area contributed by atoms with E-state index >= 15 is 0 Å². The van der Waals surface area contributed by atoms with Crippen LogP contribution in [0.5, 0.6) is 0 Å². The average Bonchev–Trinajstić information content (AvgIpc) is 2.63. The number of carbonyl (C=O) groups is 2. The molecule has 2 aromatic rings. The Bertz CT molecular complexity index is 897. The van der Waals surface area contributed by atoms with Gasteiger partial charge >= 0.3 is 11.9 Å². The molecule has 9 heteroatoms. The molecule has 0 unspecified atom stereocenters. The molecule has 144 valence electrons. The second-order valence-electron chi connectivity index (χ2n) is 6.04. The summed E-state index contributed by atoms with van der Waals surface area (Å²) in [6, 6.07) is 12.8. The molecule has 0 aliphatic carbocycles. The summed E-state index contributed by atoms with van der Waals surface area (Å²) in [5.41, 5.74) is 6.38. The first-order valence-corrected chi connectivity index (χ1v) is 9.55. The highest BCUT2D eigenvalue weighted by Crippen LogP contribution is 2.19. The highest BCUT2D eigenvalue weighted by atomic mass is 32.2. The van der Waals surface area contributed by atoms with Crippen molar-refractivity contribution in [2.45, 2.75) is 23.8 Å². The van der Waals surface area contributed by atoms with Gasteiger partial charge in [0.2, 0.25) is 0 Å². The highest BCUT2D eigenvalue weighted by molar-refractivity contribution is 7.92. The molecule has 0 heterocycles. The zero-order valence-electron chi connectivity index (χ0n) is 14.3. The second kappa shape index (κ2) is 8.65. The number of sulfonamides is 1. The number of nitrogens with one attached hydrogen (secondary N) is 1. The van der Waals surface area contributed by atoms with Gasteiger partial charge in [0.05, 0.1) is 10.8 Å². The molecule has 0 amide bonds. The summed E-state index contributed by atoms with van der Waals surface area (Å²) >= 11 is 0. The van der Waals surface area contributed by atoms with E-state index in [1.807, 2.05) is 0 Å². The SMILES string of the molecule is N[C@H](C[C@@H](Cc1ccc(NS(=O)(=O)c2ccccc2)cc1)C(=O)O)C(=O)O. The van der Waals surface area contributed by atoms with Gasteiger partial charge < -0.3 is 15.9 Å². The summed E-state index contributed by atoms with van der Waals surface area (Å²) in [4.78, 5) is 22.3. The number of nitrogens with two attached hydrogens (primary N) is 1. The fourth-order valence-corrected chi connectivity index (χ4v) is 3.57. The first kappa shape index (κ1) is 20.4. The fraction of sp³-hybridized carbons (Fsp3) is 0.222. The van der Waals surface area contributed by atoms with Crippen LogP contribution >= 0.6 is 0 Å². The van der Waals surface area contributed by atoms with Gasteiger partial charge in [-0.05, 0) is 42.7 Å². The minimum atomic E-state index is -3.71. The Kier molecular flexibility index (Phi) is 6.54.